The minimum absolute atomic E-state index is 0.0761. The summed E-state index contributed by atoms with van der Waals surface area (Å²) in [7, 11) is -3.63. The monoisotopic (exact) mass is 420 g/mol. The van der Waals surface area contributed by atoms with Gasteiger partial charge in [-0.3, -0.25) is 14.9 Å². The largest absolute Gasteiger partial charge is 0.376 e. The molecule has 0 heterocycles. The van der Waals surface area contributed by atoms with E-state index in [1.165, 1.54) is 28.6 Å². The number of carbonyl (C=O) groups excluding carboxylic acids is 1. The van der Waals surface area contributed by atoms with Crippen LogP contribution in [0.5, 0.6) is 0 Å². The van der Waals surface area contributed by atoms with Crippen LogP contribution in [0.4, 0.5) is 17.1 Å². The molecule has 2 aromatic rings. The lowest BCUT2D eigenvalue weighted by molar-refractivity contribution is -0.384. The van der Waals surface area contributed by atoms with E-state index in [4.69, 9.17) is 0 Å². The van der Waals surface area contributed by atoms with Gasteiger partial charge in [-0.1, -0.05) is 26.0 Å². The van der Waals surface area contributed by atoms with Crippen molar-refractivity contribution < 1.29 is 18.1 Å². The van der Waals surface area contributed by atoms with E-state index in [1.54, 1.807) is 39.0 Å². The first-order valence-electron chi connectivity index (χ1n) is 9.08. The molecule has 0 spiro atoms. The van der Waals surface area contributed by atoms with E-state index in [1.807, 2.05) is 0 Å². The number of non-ortho nitro benzene ring substituents is 1. The van der Waals surface area contributed by atoms with Crippen LogP contribution < -0.4 is 10.6 Å². The third-order valence-electron chi connectivity index (χ3n) is 4.33. The molecule has 1 amide bonds. The van der Waals surface area contributed by atoms with E-state index in [0.717, 1.165) is 5.56 Å². The Hall–Kier alpha value is -2.98. The molecular formula is C19H24N4O5S. The van der Waals surface area contributed by atoms with Gasteiger partial charge in [0.15, 0.2) is 0 Å². The molecule has 0 unspecified atom stereocenters. The zero-order chi connectivity index (χ0) is 21.6. The molecule has 29 heavy (non-hydrogen) atoms. The minimum Gasteiger partial charge on any atom is -0.376 e. The number of nitro groups is 1. The van der Waals surface area contributed by atoms with Crippen LogP contribution in [-0.4, -0.2) is 43.2 Å². The van der Waals surface area contributed by atoms with Crippen molar-refractivity contribution in [1.82, 2.24) is 4.31 Å². The molecular weight excluding hydrogens is 396 g/mol. The molecule has 0 aromatic heterocycles. The van der Waals surface area contributed by atoms with Crippen molar-refractivity contribution in [3.63, 3.8) is 0 Å². The lowest BCUT2D eigenvalue weighted by Crippen LogP contribution is -2.30. The number of nitrogens with one attached hydrogen (secondary N) is 2. The average molecular weight is 420 g/mol. The van der Waals surface area contributed by atoms with E-state index in [-0.39, 0.29) is 17.1 Å². The van der Waals surface area contributed by atoms with Gasteiger partial charge in [-0.2, -0.15) is 4.31 Å². The second kappa shape index (κ2) is 9.48. The Balaban J connectivity index is 2.09. The highest BCUT2D eigenvalue weighted by atomic mass is 32.2. The third-order valence-corrected chi connectivity index (χ3v) is 6.38. The maximum Gasteiger partial charge on any atom is 0.271 e. The number of anilines is 2. The van der Waals surface area contributed by atoms with Crippen LogP contribution in [0.2, 0.25) is 0 Å². The molecule has 0 atom stereocenters. The molecule has 2 aromatic carbocycles. The average Bonchev–Trinajstić information content (AvgIpc) is 2.68. The zero-order valence-electron chi connectivity index (χ0n) is 16.5. The van der Waals surface area contributed by atoms with Crippen LogP contribution >= 0.6 is 0 Å². The first kappa shape index (κ1) is 22.3. The number of sulfonamides is 1. The number of benzene rings is 2. The molecule has 10 heteroatoms. The van der Waals surface area contributed by atoms with Crippen molar-refractivity contribution in [3.8, 4) is 0 Å². The normalized spacial score (nSPS) is 11.3. The van der Waals surface area contributed by atoms with E-state index in [0.29, 0.717) is 24.5 Å². The Bertz CT molecular complexity index is 1000. The van der Waals surface area contributed by atoms with Gasteiger partial charge in [-0.25, -0.2) is 8.42 Å². The van der Waals surface area contributed by atoms with Crippen molar-refractivity contribution in [2.45, 2.75) is 25.7 Å². The van der Waals surface area contributed by atoms with Gasteiger partial charge in [-0.15, -0.1) is 0 Å². The second-order valence-electron chi connectivity index (χ2n) is 6.28. The summed E-state index contributed by atoms with van der Waals surface area (Å²) in [4.78, 5) is 22.7. The predicted molar refractivity (Wildman–Crippen MR) is 112 cm³/mol. The van der Waals surface area contributed by atoms with Crippen LogP contribution in [0.25, 0.3) is 0 Å². The number of hydrogen-bond acceptors (Lipinski definition) is 6. The molecule has 0 bridgehead atoms. The molecule has 0 saturated carbocycles. The van der Waals surface area contributed by atoms with E-state index < -0.39 is 20.9 Å². The van der Waals surface area contributed by atoms with Gasteiger partial charge in [0.2, 0.25) is 15.9 Å². The molecule has 2 N–H and O–H groups in total. The number of carbonyl (C=O) groups is 1. The summed E-state index contributed by atoms with van der Waals surface area (Å²) in [5.41, 5.74) is 1.51. The first-order chi connectivity index (χ1) is 13.7. The number of aryl methyl sites for hydroxylation is 1. The van der Waals surface area contributed by atoms with Crippen LogP contribution in [0, 0.1) is 17.0 Å². The summed E-state index contributed by atoms with van der Waals surface area (Å²) in [5.74, 6) is -0.409. The van der Waals surface area contributed by atoms with Crippen LogP contribution in [-0.2, 0) is 14.8 Å². The quantitative estimate of drug-likeness (QED) is 0.475. The topological polar surface area (TPSA) is 122 Å². The molecule has 0 radical (unpaired) electrons. The zero-order valence-corrected chi connectivity index (χ0v) is 17.3. The number of rotatable bonds is 9. The lowest BCUT2D eigenvalue weighted by atomic mass is 10.2. The number of hydrogen-bond donors (Lipinski definition) is 2. The fourth-order valence-corrected chi connectivity index (χ4v) is 4.25. The third kappa shape index (κ3) is 5.52. The molecule has 9 nitrogen and oxygen atoms in total. The molecule has 0 saturated heterocycles. The Morgan fingerprint density at radius 1 is 1.14 bits per heavy atom. The molecule has 0 fully saturated rings. The Kier molecular flexibility index (Phi) is 7.29. The first-order valence-corrected chi connectivity index (χ1v) is 10.5. The highest BCUT2D eigenvalue weighted by Crippen LogP contribution is 2.22. The Morgan fingerprint density at radius 3 is 2.45 bits per heavy atom. The van der Waals surface area contributed by atoms with Gasteiger partial charge in [0, 0.05) is 36.6 Å². The maximum absolute atomic E-state index is 12.6. The van der Waals surface area contributed by atoms with Gasteiger partial charge < -0.3 is 10.6 Å². The van der Waals surface area contributed by atoms with Crippen LogP contribution in [0.15, 0.2) is 47.4 Å². The second-order valence-corrected chi connectivity index (χ2v) is 8.21. The highest BCUT2D eigenvalue weighted by molar-refractivity contribution is 7.89. The van der Waals surface area contributed by atoms with Crippen LogP contribution in [0.3, 0.4) is 0 Å². The van der Waals surface area contributed by atoms with E-state index in [9.17, 15) is 23.3 Å². The molecule has 0 aliphatic heterocycles. The summed E-state index contributed by atoms with van der Waals surface area (Å²) < 4.78 is 26.6. The van der Waals surface area contributed by atoms with Crippen molar-refractivity contribution in [2.24, 2.45) is 0 Å². The summed E-state index contributed by atoms with van der Waals surface area (Å²) in [5, 5.41) is 16.4. The highest BCUT2D eigenvalue weighted by Gasteiger charge is 2.21. The maximum atomic E-state index is 12.6. The Morgan fingerprint density at radius 2 is 1.83 bits per heavy atom. The number of nitro benzene ring substituents is 1. The van der Waals surface area contributed by atoms with Gasteiger partial charge in [0.25, 0.3) is 5.69 Å². The number of nitrogens with zero attached hydrogens (tertiary/aromatic N) is 2. The number of amides is 1. The molecule has 0 aliphatic rings. The molecule has 156 valence electrons. The minimum atomic E-state index is -3.63. The fourth-order valence-electron chi connectivity index (χ4n) is 2.74. The summed E-state index contributed by atoms with van der Waals surface area (Å²) in [6.07, 6.45) is 0. The van der Waals surface area contributed by atoms with Gasteiger partial charge in [-0.05, 0) is 30.7 Å². The van der Waals surface area contributed by atoms with Crippen molar-refractivity contribution in [2.75, 3.05) is 30.3 Å². The van der Waals surface area contributed by atoms with Gasteiger partial charge >= 0.3 is 0 Å². The Labute approximate surface area is 169 Å². The van der Waals surface area contributed by atoms with Crippen LogP contribution in [0.1, 0.15) is 19.4 Å². The SMILES string of the molecule is CCN(CC)S(=O)(=O)c1cccc(NC(=O)CNc2cc([N+](=O)[O-])ccc2C)c1. The summed E-state index contributed by atoms with van der Waals surface area (Å²) in [6.45, 7) is 5.85. The van der Waals surface area contributed by atoms with E-state index in [2.05, 4.69) is 10.6 Å². The van der Waals surface area contributed by atoms with Gasteiger partial charge in [0.1, 0.15) is 0 Å². The summed E-state index contributed by atoms with van der Waals surface area (Å²) in [6, 6.07) is 10.4. The van der Waals surface area contributed by atoms with Crippen molar-refractivity contribution in [3.05, 3.63) is 58.1 Å². The van der Waals surface area contributed by atoms with Gasteiger partial charge in [0.05, 0.1) is 16.4 Å². The predicted octanol–water partition coefficient (Wildman–Crippen LogP) is 2.98. The van der Waals surface area contributed by atoms with Crippen molar-refractivity contribution >= 4 is 33.0 Å². The molecule has 0 aliphatic carbocycles. The molecule has 2 rings (SSSR count). The summed E-state index contributed by atoms with van der Waals surface area (Å²) >= 11 is 0. The standard InChI is InChI=1S/C19H24N4O5S/c1-4-22(5-2)29(27,28)17-8-6-7-15(11-17)21-19(24)13-20-18-12-16(23(25)26)10-9-14(18)3/h6-12,20H,4-5,13H2,1-3H3,(H,21,24). The van der Waals surface area contributed by atoms with E-state index >= 15 is 0 Å². The van der Waals surface area contributed by atoms with Crippen molar-refractivity contribution in [1.29, 1.82) is 0 Å². The fraction of sp³-hybridized carbons (Fsp3) is 0.316. The lowest BCUT2D eigenvalue weighted by Gasteiger charge is -2.19. The smallest absolute Gasteiger partial charge is 0.271 e.